The van der Waals surface area contributed by atoms with Crippen molar-refractivity contribution in [1.82, 2.24) is 0 Å². The zero-order valence-corrected chi connectivity index (χ0v) is 7.12. The molecule has 0 unspecified atom stereocenters. The first-order valence-electron chi connectivity index (χ1n) is 3.54. The summed E-state index contributed by atoms with van der Waals surface area (Å²) in [6.45, 7) is 3.66. The Balaban J connectivity index is 2.78. The van der Waals surface area contributed by atoms with Crippen LogP contribution in [-0.4, -0.2) is 11.5 Å². The molecule has 0 nitrogen and oxygen atoms in total. The third-order valence-electron chi connectivity index (χ3n) is 1.13. The fourth-order valence-corrected chi connectivity index (χ4v) is 1.29. The molecular weight excluding hydrogens is 140 g/mol. The Morgan fingerprint density at radius 3 is 2.90 bits per heavy atom. The Labute approximate surface area is 68.1 Å². The highest BCUT2D eigenvalue weighted by molar-refractivity contribution is 7.99. The number of rotatable bonds is 6. The van der Waals surface area contributed by atoms with Crippen LogP contribution >= 0.6 is 11.8 Å². The summed E-state index contributed by atoms with van der Waals surface area (Å²) < 4.78 is 0. The molecule has 0 aliphatic rings. The van der Waals surface area contributed by atoms with Crippen LogP contribution in [0.15, 0.2) is 12.7 Å². The number of allylic oxidation sites excluding steroid dienone is 1. The summed E-state index contributed by atoms with van der Waals surface area (Å²) in [5.41, 5.74) is 0. The lowest BCUT2D eigenvalue weighted by Crippen LogP contribution is -1.80. The maximum absolute atomic E-state index is 5.08. The molecule has 0 aromatic heterocycles. The summed E-state index contributed by atoms with van der Waals surface area (Å²) in [5, 5.41) is 0. The van der Waals surface area contributed by atoms with Crippen molar-refractivity contribution in [2.75, 3.05) is 11.5 Å². The molecule has 0 aliphatic heterocycles. The zero-order chi connectivity index (χ0) is 7.66. The highest BCUT2D eigenvalue weighted by Crippen LogP contribution is 2.04. The molecule has 0 spiro atoms. The van der Waals surface area contributed by atoms with Gasteiger partial charge < -0.3 is 0 Å². The summed E-state index contributed by atoms with van der Waals surface area (Å²) >= 11 is 1.83. The molecular formula is C9H14S. The second-order valence-corrected chi connectivity index (χ2v) is 3.15. The first-order valence-corrected chi connectivity index (χ1v) is 4.69. The average molecular weight is 154 g/mol. The third-order valence-corrected chi connectivity index (χ3v) is 2.08. The molecule has 1 heteroatoms. The van der Waals surface area contributed by atoms with Gasteiger partial charge in [0.15, 0.2) is 0 Å². The maximum atomic E-state index is 5.08. The molecule has 56 valence electrons. The lowest BCUT2D eigenvalue weighted by atomic mass is 10.2. The third kappa shape index (κ3) is 7.65. The second-order valence-electron chi connectivity index (χ2n) is 2.04. The smallest absolute Gasteiger partial charge is 0.0544 e. The van der Waals surface area contributed by atoms with Crippen LogP contribution in [0.3, 0.4) is 0 Å². The number of hydrogen-bond donors (Lipinski definition) is 0. The van der Waals surface area contributed by atoms with E-state index in [9.17, 15) is 0 Å². The van der Waals surface area contributed by atoms with E-state index in [0.29, 0.717) is 0 Å². The lowest BCUT2D eigenvalue weighted by Gasteiger charge is -1.94. The molecule has 0 atom stereocenters. The topological polar surface area (TPSA) is 0 Å². The summed E-state index contributed by atoms with van der Waals surface area (Å²) in [5.74, 6) is 4.65. The Bertz CT molecular complexity index is 110. The van der Waals surface area contributed by atoms with Gasteiger partial charge >= 0.3 is 0 Å². The fourth-order valence-electron chi connectivity index (χ4n) is 0.624. The monoisotopic (exact) mass is 154 g/mol. The van der Waals surface area contributed by atoms with Crippen molar-refractivity contribution in [1.29, 1.82) is 0 Å². The lowest BCUT2D eigenvalue weighted by molar-refractivity contribution is 0.824. The van der Waals surface area contributed by atoms with Crippen LogP contribution in [0.1, 0.15) is 19.3 Å². The molecule has 0 fully saturated rings. The van der Waals surface area contributed by atoms with Crippen molar-refractivity contribution < 1.29 is 0 Å². The maximum Gasteiger partial charge on any atom is 0.0544 e. The largest absolute Gasteiger partial charge is 0.149 e. The van der Waals surface area contributed by atoms with Crippen molar-refractivity contribution in [3.63, 3.8) is 0 Å². The molecule has 0 aromatic rings. The minimum atomic E-state index is 0.855. The van der Waals surface area contributed by atoms with E-state index in [1.807, 2.05) is 17.8 Å². The number of hydrogen-bond acceptors (Lipinski definition) is 1. The first-order chi connectivity index (χ1) is 4.91. The van der Waals surface area contributed by atoms with Gasteiger partial charge in [-0.2, -0.15) is 0 Å². The summed E-state index contributed by atoms with van der Waals surface area (Å²) in [7, 11) is 0. The van der Waals surface area contributed by atoms with E-state index in [2.05, 4.69) is 12.5 Å². The van der Waals surface area contributed by atoms with Gasteiger partial charge in [-0.05, 0) is 25.0 Å². The van der Waals surface area contributed by atoms with Crippen molar-refractivity contribution in [2.45, 2.75) is 19.3 Å². The van der Waals surface area contributed by atoms with Crippen molar-refractivity contribution in [3.8, 4) is 12.3 Å². The quantitative estimate of drug-likeness (QED) is 0.322. The number of thioether (sulfide) groups is 1. The van der Waals surface area contributed by atoms with Crippen LogP contribution in [0.25, 0.3) is 0 Å². The molecule has 0 heterocycles. The SMILES string of the molecule is C#CCSCCCCC=C. The van der Waals surface area contributed by atoms with Crippen LogP contribution in [-0.2, 0) is 0 Å². The van der Waals surface area contributed by atoms with E-state index >= 15 is 0 Å². The second kappa shape index (κ2) is 8.65. The van der Waals surface area contributed by atoms with Gasteiger partial charge in [0.25, 0.3) is 0 Å². The van der Waals surface area contributed by atoms with Gasteiger partial charge in [-0.3, -0.25) is 0 Å². The van der Waals surface area contributed by atoms with E-state index in [4.69, 9.17) is 6.42 Å². The molecule has 0 saturated carbocycles. The fraction of sp³-hybridized carbons (Fsp3) is 0.556. The molecule has 0 aliphatic carbocycles. The van der Waals surface area contributed by atoms with E-state index in [1.54, 1.807) is 0 Å². The van der Waals surface area contributed by atoms with Crippen molar-refractivity contribution in [2.24, 2.45) is 0 Å². The normalized spacial score (nSPS) is 8.70. The van der Waals surface area contributed by atoms with Crippen LogP contribution in [0.4, 0.5) is 0 Å². The molecule has 0 aromatic carbocycles. The summed E-state index contributed by atoms with van der Waals surface area (Å²) in [6, 6.07) is 0. The molecule has 0 rings (SSSR count). The predicted octanol–water partition coefficient (Wildman–Crippen LogP) is 2.71. The number of unbranched alkanes of at least 4 members (excludes halogenated alkanes) is 2. The molecule has 0 radical (unpaired) electrons. The van der Waals surface area contributed by atoms with Gasteiger partial charge in [0.2, 0.25) is 0 Å². The zero-order valence-electron chi connectivity index (χ0n) is 6.31. The minimum absolute atomic E-state index is 0.855. The highest BCUT2D eigenvalue weighted by Gasteiger charge is 1.85. The summed E-state index contributed by atoms with van der Waals surface area (Å²) in [6.07, 6.45) is 10.7. The number of terminal acetylenes is 1. The van der Waals surface area contributed by atoms with Crippen LogP contribution in [0.2, 0.25) is 0 Å². The average Bonchev–Trinajstić information content (AvgIpc) is 1.97. The first kappa shape index (κ1) is 9.65. The van der Waals surface area contributed by atoms with Crippen molar-refractivity contribution >= 4 is 11.8 Å². The van der Waals surface area contributed by atoms with Crippen LogP contribution in [0.5, 0.6) is 0 Å². The Morgan fingerprint density at radius 1 is 1.50 bits per heavy atom. The van der Waals surface area contributed by atoms with Gasteiger partial charge in [0.05, 0.1) is 5.75 Å². The molecule has 10 heavy (non-hydrogen) atoms. The van der Waals surface area contributed by atoms with Gasteiger partial charge in [0, 0.05) is 0 Å². The minimum Gasteiger partial charge on any atom is -0.149 e. The van der Waals surface area contributed by atoms with Crippen LogP contribution < -0.4 is 0 Å². The highest BCUT2D eigenvalue weighted by atomic mass is 32.2. The van der Waals surface area contributed by atoms with Gasteiger partial charge in [-0.25, -0.2) is 0 Å². The standard InChI is InChI=1S/C9H14S/c1-3-5-6-7-9-10-8-4-2/h2-3H,1,5-9H2. The van der Waals surface area contributed by atoms with E-state index in [0.717, 1.165) is 12.2 Å². The van der Waals surface area contributed by atoms with E-state index in [-0.39, 0.29) is 0 Å². The van der Waals surface area contributed by atoms with Gasteiger partial charge in [0.1, 0.15) is 0 Å². The van der Waals surface area contributed by atoms with Crippen LogP contribution in [0, 0.1) is 12.3 Å². The van der Waals surface area contributed by atoms with Gasteiger partial charge in [-0.1, -0.05) is 12.0 Å². The summed E-state index contributed by atoms with van der Waals surface area (Å²) in [4.78, 5) is 0. The van der Waals surface area contributed by atoms with E-state index in [1.165, 1.54) is 18.6 Å². The molecule has 0 saturated heterocycles. The van der Waals surface area contributed by atoms with Gasteiger partial charge in [-0.15, -0.1) is 24.8 Å². The van der Waals surface area contributed by atoms with Crippen molar-refractivity contribution in [3.05, 3.63) is 12.7 Å². The molecule has 0 bridgehead atoms. The Hall–Kier alpha value is -0.350. The van der Waals surface area contributed by atoms with E-state index < -0.39 is 0 Å². The molecule has 0 N–H and O–H groups in total. The predicted molar refractivity (Wildman–Crippen MR) is 50.2 cm³/mol. The Kier molecular flexibility index (Phi) is 8.35. The molecule has 0 amide bonds. The Morgan fingerprint density at radius 2 is 2.30 bits per heavy atom.